The molecule has 0 radical (unpaired) electrons. The van der Waals surface area contributed by atoms with Gasteiger partial charge in [-0.1, -0.05) is 51.0 Å². The highest BCUT2D eigenvalue weighted by Gasteiger charge is 2.59. The molecule has 8 atom stereocenters. The Morgan fingerprint density at radius 2 is 1.64 bits per heavy atom. The summed E-state index contributed by atoms with van der Waals surface area (Å²) in [6, 6.07) is 0. The second-order valence-electron chi connectivity index (χ2n) is 14.4. The molecule has 0 aromatic carbocycles. The van der Waals surface area contributed by atoms with E-state index in [0.29, 0.717) is 41.8 Å². The maximum absolute atomic E-state index is 12.9. The maximum atomic E-state index is 12.9. The number of aliphatic hydroxyl groups excluding tert-OH is 1. The Labute approximate surface area is 263 Å². The van der Waals surface area contributed by atoms with Gasteiger partial charge in [-0.05, 0) is 110 Å². The molecule has 4 aliphatic rings. The van der Waals surface area contributed by atoms with E-state index in [4.69, 9.17) is 0 Å². The molecule has 0 heterocycles. The van der Waals surface area contributed by atoms with Gasteiger partial charge in [0.1, 0.15) is 0 Å². The van der Waals surface area contributed by atoms with Gasteiger partial charge in [0.25, 0.3) is 0 Å². The molecule has 44 heavy (non-hydrogen) atoms. The average molecular weight is 651 g/mol. The van der Waals surface area contributed by atoms with E-state index in [9.17, 15) is 41.8 Å². The summed E-state index contributed by atoms with van der Waals surface area (Å²) < 4.78 is 62.5. The van der Waals surface area contributed by atoms with Crippen LogP contribution in [-0.2, 0) is 9.59 Å². The molecule has 1 unspecified atom stereocenters. The first-order valence-electron chi connectivity index (χ1n) is 16.9. The fourth-order valence-corrected chi connectivity index (χ4v) is 10.2. The van der Waals surface area contributed by atoms with Gasteiger partial charge in [0.2, 0.25) is 0 Å². The van der Waals surface area contributed by atoms with Crippen molar-refractivity contribution in [2.75, 3.05) is 11.5 Å². The number of carbonyl (C=O) groups excluding carboxylic acids is 1. The van der Waals surface area contributed by atoms with E-state index in [-0.39, 0.29) is 30.1 Å². The SMILES string of the molecule is C[C@]12CC[C@H]3[C@@H]([C@H](CCCCCCCCCSCCCC(F)(F)C(F)(F)F)CC4=CC(=O)C(CC(=O)O)C[C@@H]43)[C@@H]1CC[C@@H]2O. The summed E-state index contributed by atoms with van der Waals surface area (Å²) in [5.74, 6) is -2.58. The summed E-state index contributed by atoms with van der Waals surface area (Å²) in [5, 5.41) is 20.3. The van der Waals surface area contributed by atoms with E-state index in [1.165, 1.54) is 17.3 Å². The number of carboxylic acid groups (broad SMARTS) is 1. The molecular formula is C34H51F5O4S. The van der Waals surface area contributed by atoms with Crippen molar-refractivity contribution in [2.24, 2.45) is 40.9 Å². The molecule has 0 aromatic rings. The molecule has 252 valence electrons. The van der Waals surface area contributed by atoms with Crippen molar-refractivity contribution in [1.82, 2.24) is 0 Å². The molecule has 0 saturated heterocycles. The number of carboxylic acids is 1. The number of halogens is 5. The highest BCUT2D eigenvalue weighted by atomic mass is 32.2. The van der Waals surface area contributed by atoms with Crippen LogP contribution in [0.25, 0.3) is 0 Å². The molecule has 0 aromatic heterocycles. The third-order valence-corrected chi connectivity index (χ3v) is 12.8. The summed E-state index contributed by atoms with van der Waals surface area (Å²) in [6.45, 7) is 2.27. The average Bonchev–Trinajstić information content (AvgIpc) is 3.24. The van der Waals surface area contributed by atoms with E-state index >= 15 is 0 Å². The van der Waals surface area contributed by atoms with E-state index in [1.807, 2.05) is 0 Å². The van der Waals surface area contributed by atoms with Crippen LogP contribution in [0.1, 0.15) is 116 Å². The lowest BCUT2D eigenvalue weighted by molar-refractivity contribution is -0.284. The van der Waals surface area contributed by atoms with Gasteiger partial charge in [-0.3, -0.25) is 9.59 Å². The predicted molar refractivity (Wildman–Crippen MR) is 163 cm³/mol. The standard InChI is InChI=1S/C34H51F5O4S/c1-32-15-13-25-26-19-24(21-30(42)43)28(40)20-23(26)18-22(31(25)27(32)11-12-29(32)41)10-7-5-3-2-4-6-8-16-44-17-9-14-33(35,36)34(37,38)39/h20,22,24-27,29,31,41H,2-19,21H2,1H3,(H,42,43)/t22-,24?,25-,26+,27+,29+,31-,32+/m1/s1. The van der Waals surface area contributed by atoms with E-state index in [0.717, 1.165) is 89.2 Å². The number of ketones is 1. The second-order valence-corrected chi connectivity index (χ2v) is 15.6. The third kappa shape index (κ3) is 8.40. The third-order valence-electron chi connectivity index (χ3n) is 11.6. The van der Waals surface area contributed by atoms with Crippen molar-refractivity contribution >= 4 is 23.5 Å². The Bertz CT molecular complexity index is 1020. The summed E-state index contributed by atoms with van der Waals surface area (Å²) in [7, 11) is 0. The zero-order valence-corrected chi connectivity index (χ0v) is 26.9. The maximum Gasteiger partial charge on any atom is 0.453 e. The van der Waals surface area contributed by atoms with Gasteiger partial charge in [-0.2, -0.15) is 33.7 Å². The van der Waals surface area contributed by atoms with Crippen molar-refractivity contribution in [1.29, 1.82) is 0 Å². The first-order chi connectivity index (χ1) is 20.7. The topological polar surface area (TPSA) is 74.6 Å². The van der Waals surface area contributed by atoms with Crippen LogP contribution < -0.4 is 0 Å². The molecular weight excluding hydrogens is 599 g/mol. The first-order valence-corrected chi connectivity index (χ1v) is 18.1. The van der Waals surface area contributed by atoms with Gasteiger partial charge in [0.15, 0.2) is 5.78 Å². The van der Waals surface area contributed by atoms with Crippen LogP contribution in [0.15, 0.2) is 11.6 Å². The van der Waals surface area contributed by atoms with Crippen molar-refractivity contribution in [3.05, 3.63) is 11.6 Å². The highest BCUT2D eigenvalue weighted by Crippen LogP contribution is 2.64. The molecule has 4 nitrogen and oxygen atoms in total. The van der Waals surface area contributed by atoms with E-state index < -0.39 is 30.4 Å². The van der Waals surface area contributed by atoms with Crippen LogP contribution in [0, 0.1) is 40.9 Å². The molecule has 0 amide bonds. The van der Waals surface area contributed by atoms with Gasteiger partial charge in [0.05, 0.1) is 12.5 Å². The Balaban J connectivity index is 1.19. The lowest BCUT2D eigenvalue weighted by atomic mass is 9.48. The fourth-order valence-electron chi connectivity index (χ4n) is 9.25. The van der Waals surface area contributed by atoms with Crippen LogP contribution in [-0.4, -0.2) is 51.7 Å². The van der Waals surface area contributed by atoms with Crippen molar-refractivity contribution in [3.8, 4) is 0 Å². The fraction of sp³-hybridized carbons (Fsp3) is 0.882. The summed E-state index contributed by atoms with van der Waals surface area (Å²) in [4.78, 5) is 24.3. The Kier molecular flexibility index (Phi) is 12.3. The zero-order valence-electron chi connectivity index (χ0n) is 26.1. The van der Waals surface area contributed by atoms with Crippen LogP contribution in [0.2, 0.25) is 0 Å². The molecule has 0 aliphatic heterocycles. The number of alkyl halides is 5. The summed E-state index contributed by atoms with van der Waals surface area (Å²) >= 11 is 1.45. The molecule has 2 N–H and O–H groups in total. The first kappa shape index (κ1) is 35.7. The molecule has 3 saturated carbocycles. The Hall–Kier alpha value is -1.16. The Morgan fingerprint density at radius 3 is 2.32 bits per heavy atom. The number of aliphatic hydroxyl groups is 1. The van der Waals surface area contributed by atoms with E-state index in [1.54, 1.807) is 6.08 Å². The molecule has 0 spiro atoms. The van der Waals surface area contributed by atoms with Crippen LogP contribution in [0.3, 0.4) is 0 Å². The number of aliphatic carboxylic acids is 1. The molecule has 4 aliphatic carbocycles. The minimum Gasteiger partial charge on any atom is -0.481 e. The quantitative estimate of drug-likeness (QED) is 0.129. The minimum absolute atomic E-state index is 0.0193. The van der Waals surface area contributed by atoms with Crippen LogP contribution in [0.5, 0.6) is 0 Å². The number of unbranched alkanes of at least 4 members (excludes halogenated alkanes) is 6. The predicted octanol–water partition coefficient (Wildman–Crippen LogP) is 9.25. The lowest BCUT2D eigenvalue weighted by Crippen LogP contribution is -2.51. The van der Waals surface area contributed by atoms with Gasteiger partial charge >= 0.3 is 18.1 Å². The number of rotatable bonds is 16. The number of hydrogen-bond donors (Lipinski definition) is 2. The lowest BCUT2D eigenvalue weighted by Gasteiger charge is -2.56. The largest absolute Gasteiger partial charge is 0.481 e. The van der Waals surface area contributed by atoms with Gasteiger partial charge < -0.3 is 10.2 Å². The second kappa shape index (κ2) is 15.2. The minimum atomic E-state index is -5.46. The Morgan fingerprint density at radius 1 is 0.977 bits per heavy atom. The monoisotopic (exact) mass is 650 g/mol. The molecule has 3 fully saturated rings. The van der Waals surface area contributed by atoms with Crippen LogP contribution in [0.4, 0.5) is 22.0 Å². The number of carbonyl (C=O) groups is 2. The smallest absolute Gasteiger partial charge is 0.453 e. The van der Waals surface area contributed by atoms with Crippen molar-refractivity contribution in [3.63, 3.8) is 0 Å². The van der Waals surface area contributed by atoms with Gasteiger partial charge in [-0.25, -0.2) is 0 Å². The number of fused-ring (bicyclic) bond motifs is 5. The van der Waals surface area contributed by atoms with Crippen molar-refractivity contribution in [2.45, 2.75) is 134 Å². The number of allylic oxidation sites excluding steroid dienone is 1. The van der Waals surface area contributed by atoms with Crippen molar-refractivity contribution < 1.29 is 41.8 Å². The number of thioether (sulfide) groups is 1. The zero-order chi connectivity index (χ0) is 32.1. The van der Waals surface area contributed by atoms with E-state index in [2.05, 4.69) is 6.92 Å². The molecule has 4 rings (SSSR count). The molecule has 0 bridgehead atoms. The van der Waals surface area contributed by atoms with Crippen LogP contribution >= 0.6 is 11.8 Å². The molecule has 10 heteroatoms. The van der Waals surface area contributed by atoms with Gasteiger partial charge in [-0.15, -0.1) is 0 Å². The summed E-state index contributed by atoms with van der Waals surface area (Å²) in [5.41, 5.74) is 1.20. The highest BCUT2D eigenvalue weighted by molar-refractivity contribution is 7.99. The number of hydrogen-bond acceptors (Lipinski definition) is 4. The summed E-state index contributed by atoms with van der Waals surface area (Å²) in [6.07, 6.45) is 8.97. The van der Waals surface area contributed by atoms with Gasteiger partial charge in [0, 0.05) is 12.3 Å². The normalized spacial score (nSPS) is 33.8.